The van der Waals surface area contributed by atoms with Crippen LogP contribution in [-0.2, 0) is 24.7 Å². The van der Waals surface area contributed by atoms with E-state index in [2.05, 4.69) is 28.8 Å². The molecule has 0 saturated carbocycles. The molecule has 3 heterocycles. The molecule has 128 valence electrons. The van der Waals surface area contributed by atoms with Gasteiger partial charge in [0.05, 0.1) is 12.1 Å². The molecule has 6 nitrogen and oxygen atoms in total. The van der Waals surface area contributed by atoms with Crippen molar-refractivity contribution in [3.63, 3.8) is 0 Å². The molecule has 1 aliphatic heterocycles. The van der Waals surface area contributed by atoms with Crippen LogP contribution in [0, 0.1) is 0 Å². The predicted molar refractivity (Wildman–Crippen MR) is 93.9 cm³/mol. The molecule has 2 aromatic rings. The van der Waals surface area contributed by atoms with Crippen LogP contribution in [0.2, 0.25) is 0 Å². The van der Waals surface area contributed by atoms with E-state index in [1.54, 1.807) is 0 Å². The highest BCUT2D eigenvalue weighted by molar-refractivity contribution is 5.79. The van der Waals surface area contributed by atoms with E-state index in [1.807, 2.05) is 47.2 Å². The molecule has 1 atom stereocenters. The van der Waals surface area contributed by atoms with Gasteiger partial charge in [-0.2, -0.15) is 5.10 Å². The van der Waals surface area contributed by atoms with Gasteiger partial charge >= 0.3 is 0 Å². The van der Waals surface area contributed by atoms with Gasteiger partial charge in [-0.15, -0.1) is 0 Å². The summed E-state index contributed by atoms with van der Waals surface area (Å²) in [6, 6.07) is 6.27. The smallest absolute Gasteiger partial charge is 0.228 e. The number of rotatable bonds is 4. The molecule has 1 amide bonds. The first-order valence-corrected chi connectivity index (χ1v) is 8.54. The van der Waals surface area contributed by atoms with E-state index in [4.69, 9.17) is 0 Å². The third-order valence-electron chi connectivity index (χ3n) is 4.70. The first-order chi connectivity index (χ1) is 11.6. The normalized spacial score (nSPS) is 18.0. The van der Waals surface area contributed by atoms with Crippen molar-refractivity contribution in [3.05, 3.63) is 42.0 Å². The Morgan fingerprint density at radius 3 is 2.67 bits per heavy atom. The second kappa shape index (κ2) is 7.03. The number of hydrogen-bond donors (Lipinski definition) is 0. The highest BCUT2D eigenvalue weighted by Crippen LogP contribution is 2.19. The fourth-order valence-corrected chi connectivity index (χ4v) is 3.28. The summed E-state index contributed by atoms with van der Waals surface area (Å²) in [4.78, 5) is 21.1. The average molecular weight is 327 g/mol. The van der Waals surface area contributed by atoms with Crippen molar-refractivity contribution in [2.24, 2.45) is 7.05 Å². The Labute approximate surface area is 143 Å². The summed E-state index contributed by atoms with van der Waals surface area (Å²) in [5.74, 6) is 0.183. The fourth-order valence-electron chi connectivity index (χ4n) is 3.28. The van der Waals surface area contributed by atoms with Crippen molar-refractivity contribution in [1.82, 2.24) is 19.7 Å². The van der Waals surface area contributed by atoms with Gasteiger partial charge in [-0.3, -0.25) is 14.5 Å². The van der Waals surface area contributed by atoms with Crippen LogP contribution in [0.4, 0.5) is 5.69 Å². The van der Waals surface area contributed by atoms with Gasteiger partial charge in [0, 0.05) is 56.5 Å². The Bertz CT molecular complexity index is 697. The lowest BCUT2D eigenvalue weighted by Gasteiger charge is -2.41. The van der Waals surface area contributed by atoms with E-state index >= 15 is 0 Å². The van der Waals surface area contributed by atoms with E-state index < -0.39 is 0 Å². The van der Waals surface area contributed by atoms with Crippen LogP contribution < -0.4 is 4.90 Å². The van der Waals surface area contributed by atoms with Gasteiger partial charge < -0.3 is 9.80 Å². The van der Waals surface area contributed by atoms with Crippen molar-refractivity contribution in [2.75, 3.05) is 24.5 Å². The zero-order valence-electron chi connectivity index (χ0n) is 14.6. The lowest BCUT2D eigenvalue weighted by atomic mass is 10.1. The maximum absolute atomic E-state index is 12.7. The summed E-state index contributed by atoms with van der Waals surface area (Å²) in [7, 11) is 1.91. The first kappa shape index (κ1) is 16.5. The molecule has 0 bridgehead atoms. The standard InChI is InChI=1S/C18H25N5O/c1-4-15-11-17(21(3)20-15)12-18(24)23-10-9-22(13-14(23)2)16-5-7-19-8-6-16/h5-8,11,14H,4,9-10,12-13H2,1-3H3. The maximum atomic E-state index is 12.7. The van der Waals surface area contributed by atoms with E-state index in [-0.39, 0.29) is 11.9 Å². The Morgan fingerprint density at radius 1 is 1.29 bits per heavy atom. The summed E-state index contributed by atoms with van der Waals surface area (Å²) in [6.07, 6.45) is 4.93. The van der Waals surface area contributed by atoms with Crippen LogP contribution in [0.5, 0.6) is 0 Å². The predicted octanol–water partition coefficient (Wildman–Crippen LogP) is 1.66. The minimum Gasteiger partial charge on any atom is -0.368 e. The summed E-state index contributed by atoms with van der Waals surface area (Å²) in [5.41, 5.74) is 3.19. The topological polar surface area (TPSA) is 54.3 Å². The van der Waals surface area contributed by atoms with Gasteiger partial charge in [-0.25, -0.2) is 0 Å². The van der Waals surface area contributed by atoms with Crippen LogP contribution in [0.3, 0.4) is 0 Å². The second-order valence-corrected chi connectivity index (χ2v) is 6.37. The molecule has 0 N–H and O–H groups in total. The third kappa shape index (κ3) is 3.42. The van der Waals surface area contributed by atoms with Crippen molar-refractivity contribution in [2.45, 2.75) is 32.7 Å². The minimum absolute atomic E-state index is 0.183. The number of amides is 1. The number of aromatic nitrogens is 3. The monoisotopic (exact) mass is 327 g/mol. The number of nitrogens with zero attached hydrogens (tertiary/aromatic N) is 5. The van der Waals surface area contributed by atoms with Gasteiger partial charge in [0.2, 0.25) is 5.91 Å². The molecular formula is C18H25N5O. The first-order valence-electron chi connectivity index (χ1n) is 8.54. The number of carbonyl (C=O) groups is 1. The van der Waals surface area contributed by atoms with E-state index in [0.29, 0.717) is 6.42 Å². The largest absolute Gasteiger partial charge is 0.368 e. The zero-order valence-corrected chi connectivity index (χ0v) is 14.6. The van der Waals surface area contributed by atoms with Crippen LogP contribution in [-0.4, -0.2) is 51.2 Å². The molecule has 6 heteroatoms. The third-order valence-corrected chi connectivity index (χ3v) is 4.70. The number of piperazine rings is 1. The van der Waals surface area contributed by atoms with Crippen molar-refractivity contribution >= 4 is 11.6 Å². The molecule has 24 heavy (non-hydrogen) atoms. The van der Waals surface area contributed by atoms with Crippen LogP contribution in [0.25, 0.3) is 0 Å². The lowest BCUT2D eigenvalue weighted by Crippen LogP contribution is -2.54. The number of carbonyl (C=O) groups excluding carboxylic acids is 1. The summed E-state index contributed by atoms with van der Waals surface area (Å²) in [6.45, 7) is 6.65. The highest BCUT2D eigenvalue weighted by atomic mass is 16.2. The van der Waals surface area contributed by atoms with Gasteiger partial charge in [-0.1, -0.05) is 6.92 Å². The SMILES string of the molecule is CCc1cc(CC(=O)N2CCN(c3ccncc3)CC2C)n(C)n1. The molecule has 0 aliphatic carbocycles. The maximum Gasteiger partial charge on any atom is 0.228 e. The van der Waals surface area contributed by atoms with Gasteiger partial charge in [-0.05, 0) is 31.5 Å². The highest BCUT2D eigenvalue weighted by Gasteiger charge is 2.28. The summed E-state index contributed by atoms with van der Waals surface area (Å²) < 4.78 is 1.83. The number of pyridine rings is 1. The van der Waals surface area contributed by atoms with Gasteiger partial charge in [0.25, 0.3) is 0 Å². The van der Waals surface area contributed by atoms with Gasteiger partial charge in [0.15, 0.2) is 0 Å². The molecule has 1 aliphatic rings. The Morgan fingerprint density at radius 2 is 2.04 bits per heavy atom. The quantitative estimate of drug-likeness (QED) is 0.857. The number of anilines is 1. The number of aryl methyl sites for hydroxylation is 2. The molecule has 1 unspecified atom stereocenters. The van der Waals surface area contributed by atoms with Gasteiger partial charge in [0.1, 0.15) is 0 Å². The van der Waals surface area contributed by atoms with Crippen LogP contribution >= 0.6 is 0 Å². The van der Waals surface area contributed by atoms with Crippen molar-refractivity contribution < 1.29 is 4.79 Å². The minimum atomic E-state index is 0.183. The van der Waals surface area contributed by atoms with E-state index in [9.17, 15) is 4.79 Å². The number of hydrogen-bond acceptors (Lipinski definition) is 4. The average Bonchev–Trinajstić information content (AvgIpc) is 2.95. The molecule has 0 radical (unpaired) electrons. The molecule has 2 aromatic heterocycles. The lowest BCUT2D eigenvalue weighted by molar-refractivity contribution is -0.132. The van der Waals surface area contributed by atoms with Crippen LogP contribution in [0.15, 0.2) is 30.6 Å². The molecule has 1 saturated heterocycles. The van der Waals surface area contributed by atoms with Crippen molar-refractivity contribution in [3.8, 4) is 0 Å². The summed E-state index contributed by atoms with van der Waals surface area (Å²) in [5, 5.41) is 4.43. The molecule has 3 rings (SSSR count). The molecule has 0 spiro atoms. The Kier molecular flexibility index (Phi) is 4.83. The Balaban J connectivity index is 1.63. The van der Waals surface area contributed by atoms with Crippen molar-refractivity contribution in [1.29, 1.82) is 0 Å². The molecule has 0 aromatic carbocycles. The molecular weight excluding hydrogens is 302 g/mol. The van der Waals surface area contributed by atoms with E-state index in [1.165, 1.54) is 5.69 Å². The Hall–Kier alpha value is -2.37. The fraction of sp³-hybridized carbons (Fsp3) is 0.500. The van der Waals surface area contributed by atoms with E-state index in [0.717, 1.165) is 37.4 Å². The zero-order chi connectivity index (χ0) is 17.1. The second-order valence-electron chi connectivity index (χ2n) is 6.37. The van der Waals surface area contributed by atoms with Crippen LogP contribution in [0.1, 0.15) is 25.2 Å². The molecule has 1 fully saturated rings. The summed E-state index contributed by atoms with van der Waals surface area (Å²) >= 11 is 0.